The molecule has 0 saturated heterocycles. The molecule has 0 bridgehead atoms. The molecule has 0 unspecified atom stereocenters. The standard InChI is InChI=1S/C13H11FO3S/c14-10-1-2-12(11(7-10)13(15)16)17-5-3-9-4-6-18-8-9/h1-2,4,6-8H,3,5H2,(H,15,16). The van der Waals surface area contributed by atoms with Crippen molar-refractivity contribution in [2.45, 2.75) is 6.42 Å². The second-order valence-electron chi connectivity index (χ2n) is 3.68. The number of aromatic carboxylic acids is 1. The Morgan fingerprint density at radius 2 is 2.22 bits per heavy atom. The molecule has 0 atom stereocenters. The second-order valence-corrected chi connectivity index (χ2v) is 4.46. The van der Waals surface area contributed by atoms with Gasteiger partial charge in [0.15, 0.2) is 0 Å². The third kappa shape index (κ3) is 3.07. The van der Waals surface area contributed by atoms with Gasteiger partial charge in [-0.05, 0) is 40.6 Å². The van der Waals surface area contributed by atoms with Crippen LogP contribution in [0, 0.1) is 5.82 Å². The second kappa shape index (κ2) is 5.64. The highest BCUT2D eigenvalue weighted by Gasteiger charge is 2.12. The van der Waals surface area contributed by atoms with Gasteiger partial charge in [0, 0.05) is 6.42 Å². The summed E-state index contributed by atoms with van der Waals surface area (Å²) in [6.07, 6.45) is 0.694. The van der Waals surface area contributed by atoms with Crippen LogP contribution in [0.1, 0.15) is 15.9 Å². The molecule has 2 rings (SSSR count). The summed E-state index contributed by atoms with van der Waals surface area (Å²) in [7, 11) is 0. The molecular weight excluding hydrogens is 255 g/mol. The molecule has 1 N–H and O–H groups in total. The molecule has 1 heterocycles. The van der Waals surface area contributed by atoms with Gasteiger partial charge in [0.25, 0.3) is 0 Å². The van der Waals surface area contributed by atoms with Crippen LogP contribution in [-0.2, 0) is 6.42 Å². The molecule has 0 fully saturated rings. The van der Waals surface area contributed by atoms with Crippen molar-refractivity contribution in [1.29, 1.82) is 0 Å². The van der Waals surface area contributed by atoms with Crippen molar-refractivity contribution < 1.29 is 19.0 Å². The molecule has 1 aromatic heterocycles. The molecular formula is C13H11FO3S. The molecule has 5 heteroatoms. The molecule has 1 aromatic carbocycles. The average Bonchev–Trinajstić information content (AvgIpc) is 2.84. The third-order valence-electron chi connectivity index (χ3n) is 2.40. The van der Waals surface area contributed by atoms with E-state index < -0.39 is 11.8 Å². The van der Waals surface area contributed by atoms with Gasteiger partial charge in [-0.15, -0.1) is 0 Å². The third-order valence-corrected chi connectivity index (χ3v) is 3.13. The van der Waals surface area contributed by atoms with Gasteiger partial charge in [-0.3, -0.25) is 0 Å². The van der Waals surface area contributed by atoms with Gasteiger partial charge in [0.2, 0.25) is 0 Å². The van der Waals surface area contributed by atoms with Crippen molar-refractivity contribution in [1.82, 2.24) is 0 Å². The average molecular weight is 266 g/mol. The van der Waals surface area contributed by atoms with Crippen LogP contribution in [0.5, 0.6) is 5.75 Å². The zero-order valence-electron chi connectivity index (χ0n) is 9.43. The topological polar surface area (TPSA) is 46.5 Å². The Labute approximate surface area is 107 Å². The number of carboxylic acids is 1. The molecule has 0 radical (unpaired) electrons. The zero-order valence-corrected chi connectivity index (χ0v) is 10.2. The molecule has 18 heavy (non-hydrogen) atoms. The van der Waals surface area contributed by atoms with Gasteiger partial charge in [-0.1, -0.05) is 0 Å². The van der Waals surface area contributed by atoms with Gasteiger partial charge in [0.05, 0.1) is 6.61 Å². The predicted octanol–water partition coefficient (Wildman–Crippen LogP) is 3.21. The van der Waals surface area contributed by atoms with Crippen molar-refractivity contribution >= 4 is 17.3 Å². The minimum atomic E-state index is -1.19. The van der Waals surface area contributed by atoms with Gasteiger partial charge >= 0.3 is 5.97 Å². The molecule has 2 aromatic rings. The number of carbonyl (C=O) groups is 1. The number of benzene rings is 1. The molecule has 0 amide bonds. The van der Waals surface area contributed by atoms with Crippen LogP contribution in [0.4, 0.5) is 4.39 Å². The van der Waals surface area contributed by atoms with Crippen LogP contribution in [0.15, 0.2) is 35.0 Å². The Morgan fingerprint density at radius 3 is 2.89 bits per heavy atom. The van der Waals surface area contributed by atoms with Crippen LogP contribution in [-0.4, -0.2) is 17.7 Å². The summed E-state index contributed by atoms with van der Waals surface area (Å²) < 4.78 is 18.3. The first kappa shape index (κ1) is 12.6. The Morgan fingerprint density at radius 1 is 1.39 bits per heavy atom. The molecule has 0 aliphatic carbocycles. The van der Waals surface area contributed by atoms with E-state index in [1.165, 1.54) is 12.1 Å². The van der Waals surface area contributed by atoms with E-state index in [1.54, 1.807) is 11.3 Å². The van der Waals surface area contributed by atoms with Crippen LogP contribution in [0.3, 0.4) is 0 Å². The highest BCUT2D eigenvalue weighted by Crippen LogP contribution is 2.20. The maximum absolute atomic E-state index is 12.9. The van der Waals surface area contributed by atoms with E-state index in [9.17, 15) is 9.18 Å². The van der Waals surface area contributed by atoms with Crippen molar-refractivity contribution in [3.8, 4) is 5.75 Å². The summed E-state index contributed by atoms with van der Waals surface area (Å²) in [6, 6.07) is 5.47. The SMILES string of the molecule is O=C(O)c1cc(F)ccc1OCCc1ccsc1. The Balaban J connectivity index is 2.02. The van der Waals surface area contributed by atoms with Crippen LogP contribution < -0.4 is 4.74 Å². The zero-order chi connectivity index (χ0) is 13.0. The van der Waals surface area contributed by atoms with E-state index in [1.807, 2.05) is 16.8 Å². The largest absolute Gasteiger partial charge is 0.492 e. The normalized spacial score (nSPS) is 10.3. The van der Waals surface area contributed by atoms with Gasteiger partial charge in [0.1, 0.15) is 17.1 Å². The minimum absolute atomic E-state index is 0.152. The van der Waals surface area contributed by atoms with Crippen molar-refractivity contribution in [2.24, 2.45) is 0 Å². The maximum Gasteiger partial charge on any atom is 0.339 e. The monoisotopic (exact) mass is 266 g/mol. The minimum Gasteiger partial charge on any atom is -0.492 e. The fraction of sp³-hybridized carbons (Fsp3) is 0.154. The summed E-state index contributed by atoms with van der Waals surface area (Å²) in [5.74, 6) is -1.59. The van der Waals surface area contributed by atoms with Crippen molar-refractivity contribution in [3.05, 3.63) is 52.0 Å². The smallest absolute Gasteiger partial charge is 0.339 e. The number of thiophene rings is 1. The lowest BCUT2D eigenvalue weighted by molar-refractivity contribution is 0.0691. The van der Waals surface area contributed by atoms with E-state index in [4.69, 9.17) is 9.84 Å². The highest BCUT2D eigenvalue weighted by atomic mass is 32.1. The summed E-state index contributed by atoms with van der Waals surface area (Å²) in [5, 5.41) is 12.9. The van der Waals surface area contributed by atoms with Crippen molar-refractivity contribution in [2.75, 3.05) is 6.61 Å². The molecule has 0 aliphatic heterocycles. The Bertz CT molecular complexity index is 537. The first-order chi connectivity index (χ1) is 8.66. The molecule has 3 nitrogen and oxygen atoms in total. The first-order valence-electron chi connectivity index (χ1n) is 5.33. The van der Waals surface area contributed by atoms with Gasteiger partial charge < -0.3 is 9.84 Å². The molecule has 0 spiro atoms. The number of rotatable bonds is 5. The fourth-order valence-corrected chi connectivity index (χ4v) is 2.21. The summed E-state index contributed by atoms with van der Waals surface area (Å²) in [4.78, 5) is 10.9. The highest BCUT2D eigenvalue weighted by molar-refractivity contribution is 7.07. The van der Waals surface area contributed by atoms with Crippen LogP contribution in [0.25, 0.3) is 0 Å². The van der Waals surface area contributed by atoms with Gasteiger partial charge in [-0.2, -0.15) is 11.3 Å². The fourth-order valence-electron chi connectivity index (χ4n) is 1.51. The number of ether oxygens (including phenoxy) is 1. The molecule has 0 saturated carbocycles. The lowest BCUT2D eigenvalue weighted by Crippen LogP contribution is -2.06. The van der Waals surface area contributed by atoms with E-state index in [0.717, 1.165) is 11.6 Å². The Hall–Kier alpha value is -1.88. The van der Waals surface area contributed by atoms with E-state index in [2.05, 4.69) is 0 Å². The summed E-state index contributed by atoms with van der Waals surface area (Å²) in [6.45, 7) is 0.364. The van der Waals surface area contributed by atoms with E-state index in [0.29, 0.717) is 13.0 Å². The Kier molecular flexibility index (Phi) is 3.94. The summed E-state index contributed by atoms with van der Waals surface area (Å²) >= 11 is 1.60. The quantitative estimate of drug-likeness (QED) is 0.904. The predicted molar refractivity (Wildman–Crippen MR) is 66.9 cm³/mol. The number of halogens is 1. The van der Waals surface area contributed by atoms with Gasteiger partial charge in [-0.25, -0.2) is 9.18 Å². The maximum atomic E-state index is 12.9. The molecule has 94 valence electrons. The number of hydrogen-bond donors (Lipinski definition) is 1. The lowest BCUT2D eigenvalue weighted by atomic mass is 10.2. The first-order valence-corrected chi connectivity index (χ1v) is 6.28. The van der Waals surface area contributed by atoms with Crippen LogP contribution >= 0.6 is 11.3 Å². The number of hydrogen-bond acceptors (Lipinski definition) is 3. The van der Waals surface area contributed by atoms with E-state index >= 15 is 0 Å². The van der Waals surface area contributed by atoms with Crippen LogP contribution in [0.2, 0.25) is 0 Å². The lowest BCUT2D eigenvalue weighted by Gasteiger charge is -2.08. The van der Waals surface area contributed by atoms with E-state index in [-0.39, 0.29) is 11.3 Å². The summed E-state index contributed by atoms with van der Waals surface area (Å²) in [5.41, 5.74) is 0.985. The van der Waals surface area contributed by atoms with Crippen molar-refractivity contribution in [3.63, 3.8) is 0 Å². The number of carboxylic acid groups (broad SMARTS) is 1. The molecule has 0 aliphatic rings.